The highest BCUT2D eigenvalue weighted by atomic mass is 19.1. The van der Waals surface area contributed by atoms with Gasteiger partial charge < -0.3 is 15.1 Å². The van der Waals surface area contributed by atoms with Gasteiger partial charge in [-0.05, 0) is 48.5 Å². The van der Waals surface area contributed by atoms with Crippen molar-refractivity contribution in [2.24, 2.45) is 0 Å². The van der Waals surface area contributed by atoms with Crippen LogP contribution < -0.4 is 15.1 Å². The van der Waals surface area contributed by atoms with Gasteiger partial charge in [-0.2, -0.15) is 0 Å². The minimum Gasteiger partial charge on any atom is -0.338 e. The lowest BCUT2D eigenvalue weighted by Crippen LogP contribution is -2.44. The van der Waals surface area contributed by atoms with E-state index in [0.29, 0.717) is 22.7 Å². The number of hydrogen-bond acceptors (Lipinski definition) is 6. The second-order valence-corrected chi connectivity index (χ2v) is 7.88. The van der Waals surface area contributed by atoms with E-state index in [9.17, 15) is 9.18 Å². The molecule has 1 fully saturated rings. The number of fused-ring (bicyclic) bond motifs is 1. The highest BCUT2D eigenvalue weighted by Crippen LogP contribution is 2.26. The predicted molar refractivity (Wildman–Crippen MR) is 127 cm³/mol. The third-order valence-electron chi connectivity index (χ3n) is 5.72. The van der Waals surface area contributed by atoms with Crippen LogP contribution in [0.5, 0.6) is 0 Å². The lowest BCUT2D eigenvalue weighted by Gasteiger charge is -2.28. The number of aromatic nitrogens is 3. The van der Waals surface area contributed by atoms with Crippen LogP contribution in [-0.4, -0.2) is 54.1 Å². The molecule has 1 aliphatic heterocycles. The van der Waals surface area contributed by atoms with Gasteiger partial charge in [-0.3, -0.25) is 4.79 Å². The van der Waals surface area contributed by atoms with Crippen molar-refractivity contribution in [2.45, 2.75) is 0 Å². The summed E-state index contributed by atoms with van der Waals surface area (Å²) in [5.41, 5.74) is 3.38. The molecule has 4 aromatic rings. The first-order chi connectivity index (χ1) is 16.1. The molecule has 0 radical (unpaired) electrons. The third kappa shape index (κ3) is 4.25. The SMILES string of the molecule is CN(C(=O)c1nc(N2CCNCC2)nc2ccc(-c3ccc(F)cc3)nc12)c1ccccc1. The van der Waals surface area contributed by atoms with E-state index in [1.807, 2.05) is 42.5 Å². The normalized spacial score (nSPS) is 13.8. The van der Waals surface area contributed by atoms with Gasteiger partial charge in [-0.25, -0.2) is 19.3 Å². The monoisotopic (exact) mass is 442 g/mol. The van der Waals surface area contributed by atoms with Crippen LogP contribution in [0, 0.1) is 5.82 Å². The summed E-state index contributed by atoms with van der Waals surface area (Å²) in [5, 5.41) is 3.32. The molecule has 0 aliphatic carbocycles. The predicted octanol–water partition coefficient (Wildman–Crippen LogP) is 3.52. The van der Waals surface area contributed by atoms with E-state index in [-0.39, 0.29) is 17.4 Å². The largest absolute Gasteiger partial charge is 0.338 e. The smallest absolute Gasteiger partial charge is 0.279 e. The molecule has 0 unspecified atom stereocenters. The Hall–Kier alpha value is -3.91. The minimum absolute atomic E-state index is 0.240. The van der Waals surface area contributed by atoms with E-state index in [1.54, 1.807) is 24.1 Å². The van der Waals surface area contributed by atoms with E-state index in [4.69, 9.17) is 15.0 Å². The van der Waals surface area contributed by atoms with Crippen LogP contribution in [0.25, 0.3) is 22.3 Å². The summed E-state index contributed by atoms with van der Waals surface area (Å²) in [6, 6.07) is 19.2. The summed E-state index contributed by atoms with van der Waals surface area (Å²) in [4.78, 5) is 31.4. The van der Waals surface area contributed by atoms with Crippen molar-refractivity contribution in [3.8, 4) is 11.3 Å². The van der Waals surface area contributed by atoms with Crippen LogP contribution in [0.2, 0.25) is 0 Å². The van der Waals surface area contributed by atoms with Gasteiger partial charge in [0.15, 0.2) is 5.69 Å². The number of halogens is 1. The fourth-order valence-electron chi connectivity index (χ4n) is 3.87. The van der Waals surface area contributed by atoms with Gasteiger partial charge in [-0.1, -0.05) is 18.2 Å². The molecule has 0 atom stereocenters. The summed E-state index contributed by atoms with van der Waals surface area (Å²) >= 11 is 0. The highest BCUT2D eigenvalue weighted by Gasteiger charge is 2.24. The Morgan fingerprint density at radius 1 is 0.939 bits per heavy atom. The number of rotatable bonds is 4. The molecule has 7 nitrogen and oxygen atoms in total. The second kappa shape index (κ2) is 8.91. The highest BCUT2D eigenvalue weighted by molar-refractivity contribution is 6.11. The zero-order valence-corrected chi connectivity index (χ0v) is 18.2. The van der Waals surface area contributed by atoms with Gasteiger partial charge in [0.05, 0.1) is 11.2 Å². The molecule has 1 saturated heterocycles. The third-order valence-corrected chi connectivity index (χ3v) is 5.72. The topological polar surface area (TPSA) is 74.2 Å². The standard InChI is InChI=1S/C25H23FN6O/c1-31(19-5-3-2-4-6-19)24(33)23-22-21(29-25(30-23)32-15-13-27-14-16-32)12-11-20(28-22)17-7-9-18(26)10-8-17/h2-12,27H,13-16H2,1H3. The molecule has 0 spiro atoms. The summed E-state index contributed by atoms with van der Waals surface area (Å²) in [6.45, 7) is 3.18. The van der Waals surface area contributed by atoms with Gasteiger partial charge in [0.1, 0.15) is 11.3 Å². The minimum atomic E-state index is -0.316. The maximum absolute atomic E-state index is 13.6. The lowest BCUT2D eigenvalue weighted by molar-refractivity contribution is 0.0990. The molecule has 1 aliphatic rings. The van der Waals surface area contributed by atoms with Gasteiger partial charge in [0, 0.05) is 44.5 Å². The second-order valence-electron chi connectivity index (χ2n) is 7.88. The van der Waals surface area contributed by atoms with E-state index in [1.165, 1.54) is 12.1 Å². The number of carbonyl (C=O) groups excluding carboxylic acids is 1. The summed E-state index contributed by atoms with van der Waals surface area (Å²) in [6.07, 6.45) is 0. The van der Waals surface area contributed by atoms with E-state index >= 15 is 0 Å². The number of benzene rings is 2. The molecule has 0 saturated carbocycles. The fourth-order valence-corrected chi connectivity index (χ4v) is 3.87. The van der Waals surface area contributed by atoms with Crippen LogP contribution >= 0.6 is 0 Å². The van der Waals surface area contributed by atoms with Crippen molar-refractivity contribution in [3.63, 3.8) is 0 Å². The van der Waals surface area contributed by atoms with E-state index in [2.05, 4.69) is 10.2 Å². The number of nitrogens with one attached hydrogen (secondary N) is 1. The van der Waals surface area contributed by atoms with Crippen LogP contribution in [0.1, 0.15) is 10.5 Å². The molecule has 1 N–H and O–H groups in total. The van der Waals surface area contributed by atoms with Crippen molar-refractivity contribution in [2.75, 3.05) is 43.0 Å². The first kappa shape index (κ1) is 21.0. The number of nitrogens with zero attached hydrogens (tertiary/aromatic N) is 5. The zero-order chi connectivity index (χ0) is 22.8. The van der Waals surface area contributed by atoms with E-state index in [0.717, 1.165) is 37.4 Å². The van der Waals surface area contributed by atoms with Crippen LogP contribution in [0.15, 0.2) is 66.7 Å². The Labute approximate surface area is 190 Å². The molecule has 33 heavy (non-hydrogen) atoms. The maximum Gasteiger partial charge on any atom is 0.279 e. The van der Waals surface area contributed by atoms with Gasteiger partial charge in [0.2, 0.25) is 5.95 Å². The van der Waals surface area contributed by atoms with Crippen LogP contribution in [-0.2, 0) is 0 Å². The number of para-hydroxylation sites is 1. The van der Waals surface area contributed by atoms with Crippen molar-refractivity contribution >= 4 is 28.6 Å². The number of carbonyl (C=O) groups is 1. The van der Waals surface area contributed by atoms with E-state index < -0.39 is 0 Å². The van der Waals surface area contributed by atoms with Crippen LogP contribution in [0.3, 0.4) is 0 Å². The van der Waals surface area contributed by atoms with Crippen molar-refractivity contribution < 1.29 is 9.18 Å². The molecule has 3 heterocycles. The van der Waals surface area contributed by atoms with Crippen LogP contribution in [0.4, 0.5) is 16.0 Å². The molecular weight excluding hydrogens is 419 g/mol. The maximum atomic E-state index is 13.6. The number of pyridine rings is 1. The summed E-state index contributed by atoms with van der Waals surface area (Å²) in [7, 11) is 1.72. The molecule has 5 rings (SSSR count). The molecule has 166 valence electrons. The first-order valence-electron chi connectivity index (χ1n) is 10.8. The van der Waals surface area contributed by atoms with Gasteiger partial charge >= 0.3 is 0 Å². The molecule has 8 heteroatoms. The zero-order valence-electron chi connectivity index (χ0n) is 18.2. The Kier molecular flexibility index (Phi) is 5.66. The summed E-state index contributed by atoms with van der Waals surface area (Å²) < 4.78 is 13.4. The number of hydrogen-bond donors (Lipinski definition) is 1. The molecule has 0 bridgehead atoms. The molecule has 1 amide bonds. The Morgan fingerprint density at radius 2 is 1.67 bits per heavy atom. The average Bonchev–Trinajstić information content (AvgIpc) is 2.88. The lowest BCUT2D eigenvalue weighted by atomic mass is 10.1. The quantitative estimate of drug-likeness (QED) is 0.521. The van der Waals surface area contributed by atoms with Gasteiger partial charge in [0.25, 0.3) is 5.91 Å². The van der Waals surface area contributed by atoms with Gasteiger partial charge in [-0.15, -0.1) is 0 Å². The number of amides is 1. The van der Waals surface area contributed by atoms with Crippen molar-refractivity contribution in [3.05, 3.63) is 78.2 Å². The Morgan fingerprint density at radius 3 is 2.39 bits per heavy atom. The fraction of sp³-hybridized carbons (Fsp3) is 0.200. The first-order valence-corrected chi connectivity index (χ1v) is 10.8. The average molecular weight is 442 g/mol. The Bertz CT molecular complexity index is 1290. The summed E-state index contributed by atoms with van der Waals surface area (Å²) in [5.74, 6) is -0.0669. The number of anilines is 2. The number of piperazine rings is 1. The molecule has 2 aromatic heterocycles. The molecular formula is C25H23FN6O. The Balaban J connectivity index is 1.64. The van der Waals surface area contributed by atoms with Crippen molar-refractivity contribution in [1.29, 1.82) is 0 Å². The van der Waals surface area contributed by atoms with Crippen molar-refractivity contribution in [1.82, 2.24) is 20.3 Å². The molecule has 2 aromatic carbocycles.